The van der Waals surface area contributed by atoms with Crippen molar-refractivity contribution in [3.63, 3.8) is 0 Å². The highest BCUT2D eigenvalue weighted by Crippen LogP contribution is 2.49. The summed E-state index contributed by atoms with van der Waals surface area (Å²) in [5.74, 6) is 0. The molecular weight excluding hydrogens is 265 g/mol. The number of rotatable bonds is 10. The van der Waals surface area contributed by atoms with Gasteiger partial charge in [-0.3, -0.25) is 13.6 Å². The van der Waals surface area contributed by atoms with Gasteiger partial charge in [-0.1, -0.05) is 6.58 Å². The summed E-state index contributed by atoms with van der Waals surface area (Å²) in [5.41, 5.74) is 0. The van der Waals surface area contributed by atoms with Gasteiger partial charge in [0.1, 0.15) is 13.2 Å². The predicted octanol–water partition coefficient (Wildman–Crippen LogP) is 2.98. The molecule has 1 heterocycles. The normalized spacial score (nSPS) is 18.6. The average molecular weight is 292 g/mol. The lowest BCUT2D eigenvalue weighted by atomic mass is 10.4. The van der Waals surface area contributed by atoms with E-state index >= 15 is 0 Å². The Bertz CT molecular complexity index is 306. The molecule has 1 aliphatic rings. The van der Waals surface area contributed by atoms with Crippen LogP contribution in [0.15, 0.2) is 12.7 Å². The van der Waals surface area contributed by atoms with Crippen molar-refractivity contribution >= 4 is 7.82 Å². The average Bonchev–Trinajstić information content (AvgIpc) is 2.79. The number of phosphoric acid groups is 1. The first-order chi connectivity index (χ1) is 9.10. The second-order valence-electron chi connectivity index (χ2n) is 4.81. The van der Waals surface area contributed by atoms with Crippen LogP contribution >= 0.6 is 7.82 Å². The van der Waals surface area contributed by atoms with Gasteiger partial charge in [-0.15, -0.1) is 0 Å². The molecule has 0 aromatic carbocycles. The maximum Gasteiger partial charge on any atom is 0.474 e. The van der Waals surface area contributed by atoms with Crippen molar-refractivity contribution in [1.29, 1.82) is 0 Å². The molecule has 0 spiro atoms. The number of quaternary nitrogens is 1. The van der Waals surface area contributed by atoms with Gasteiger partial charge in [0.2, 0.25) is 0 Å². The minimum absolute atomic E-state index is 0.323. The third kappa shape index (κ3) is 5.36. The zero-order valence-corrected chi connectivity index (χ0v) is 13.1. The third-order valence-electron chi connectivity index (χ3n) is 3.42. The predicted molar refractivity (Wildman–Crippen MR) is 76.0 cm³/mol. The zero-order valence-electron chi connectivity index (χ0n) is 12.2. The fourth-order valence-electron chi connectivity index (χ4n) is 2.55. The summed E-state index contributed by atoms with van der Waals surface area (Å²) in [5, 5.41) is 0. The van der Waals surface area contributed by atoms with Crippen LogP contribution in [0.2, 0.25) is 0 Å². The van der Waals surface area contributed by atoms with Gasteiger partial charge in [-0.25, -0.2) is 4.57 Å². The van der Waals surface area contributed by atoms with Crippen molar-refractivity contribution in [3.8, 4) is 0 Å². The van der Waals surface area contributed by atoms with Crippen LogP contribution in [0.1, 0.15) is 26.7 Å². The van der Waals surface area contributed by atoms with E-state index in [0.29, 0.717) is 19.8 Å². The van der Waals surface area contributed by atoms with E-state index in [1.54, 1.807) is 13.8 Å². The summed E-state index contributed by atoms with van der Waals surface area (Å²) < 4.78 is 28.8. The molecule has 112 valence electrons. The zero-order chi connectivity index (χ0) is 14.2. The van der Waals surface area contributed by atoms with Gasteiger partial charge in [0.25, 0.3) is 0 Å². The second-order valence-corrected chi connectivity index (χ2v) is 6.48. The largest absolute Gasteiger partial charge is 0.474 e. The smallest absolute Gasteiger partial charge is 0.318 e. The molecule has 0 aromatic rings. The lowest BCUT2D eigenvalue weighted by molar-refractivity contribution is -0.911. The molecule has 0 atom stereocenters. The number of hydrogen-bond donors (Lipinski definition) is 0. The van der Waals surface area contributed by atoms with E-state index in [-0.39, 0.29) is 0 Å². The maximum absolute atomic E-state index is 12.2. The Morgan fingerprint density at radius 3 is 2.21 bits per heavy atom. The minimum Gasteiger partial charge on any atom is -0.318 e. The molecule has 5 nitrogen and oxygen atoms in total. The van der Waals surface area contributed by atoms with Crippen molar-refractivity contribution in [2.24, 2.45) is 0 Å². The summed E-state index contributed by atoms with van der Waals surface area (Å²) in [4.78, 5) is 0. The first kappa shape index (κ1) is 16.9. The maximum atomic E-state index is 12.2. The highest BCUT2D eigenvalue weighted by molar-refractivity contribution is 7.48. The van der Waals surface area contributed by atoms with Crippen LogP contribution < -0.4 is 0 Å². The molecule has 1 saturated heterocycles. The number of nitrogens with zero attached hydrogens (tertiary/aromatic N) is 1. The molecule has 1 rings (SSSR count). The minimum atomic E-state index is -3.36. The Morgan fingerprint density at radius 1 is 1.16 bits per heavy atom. The fourth-order valence-corrected chi connectivity index (χ4v) is 3.71. The highest BCUT2D eigenvalue weighted by atomic mass is 31.2. The van der Waals surface area contributed by atoms with E-state index in [1.165, 1.54) is 12.8 Å². The SMILES string of the molecule is C=CC[N+]1(CCOP(=O)(OCC)OCC)CCCC1. The standard InChI is InChI=1S/C13H27NO4P/c1-4-9-14(10-7-8-11-14)12-13-18-19(15,16-5-2)17-6-3/h4H,1,5-13H2,2-3H3/q+1. The lowest BCUT2D eigenvalue weighted by Crippen LogP contribution is -2.47. The Morgan fingerprint density at radius 2 is 1.74 bits per heavy atom. The van der Waals surface area contributed by atoms with Gasteiger partial charge in [0.15, 0.2) is 0 Å². The number of phosphoric ester groups is 1. The van der Waals surface area contributed by atoms with E-state index in [2.05, 4.69) is 6.58 Å². The van der Waals surface area contributed by atoms with E-state index in [9.17, 15) is 4.57 Å². The first-order valence-corrected chi connectivity index (χ1v) is 8.55. The molecule has 0 saturated carbocycles. The molecule has 6 heteroatoms. The van der Waals surface area contributed by atoms with Crippen molar-refractivity contribution in [2.45, 2.75) is 26.7 Å². The van der Waals surface area contributed by atoms with Gasteiger partial charge >= 0.3 is 7.82 Å². The molecule has 0 radical (unpaired) electrons. The summed E-state index contributed by atoms with van der Waals surface area (Å²) >= 11 is 0. The summed E-state index contributed by atoms with van der Waals surface area (Å²) in [7, 11) is -3.36. The van der Waals surface area contributed by atoms with Gasteiger partial charge in [0, 0.05) is 12.8 Å². The van der Waals surface area contributed by atoms with Crippen LogP contribution in [0, 0.1) is 0 Å². The van der Waals surface area contributed by atoms with Crippen LogP contribution in [0.5, 0.6) is 0 Å². The van der Waals surface area contributed by atoms with Crippen LogP contribution in [0.25, 0.3) is 0 Å². The third-order valence-corrected chi connectivity index (χ3v) is 5.07. The fraction of sp³-hybridized carbons (Fsp3) is 0.846. The molecule has 19 heavy (non-hydrogen) atoms. The van der Waals surface area contributed by atoms with Crippen molar-refractivity contribution in [1.82, 2.24) is 0 Å². The first-order valence-electron chi connectivity index (χ1n) is 7.09. The van der Waals surface area contributed by atoms with E-state index in [4.69, 9.17) is 13.6 Å². The lowest BCUT2D eigenvalue weighted by Gasteiger charge is -2.33. The molecular formula is C13H27NO4P+. The second kappa shape index (κ2) is 8.18. The molecule has 0 N–H and O–H groups in total. The van der Waals surface area contributed by atoms with Crippen molar-refractivity contribution < 1.29 is 22.6 Å². The Balaban J connectivity index is 2.45. The molecule has 0 aromatic heterocycles. The topological polar surface area (TPSA) is 44.8 Å². The Labute approximate surface area is 116 Å². The quantitative estimate of drug-likeness (QED) is 0.353. The van der Waals surface area contributed by atoms with Gasteiger partial charge < -0.3 is 4.48 Å². The van der Waals surface area contributed by atoms with Crippen LogP contribution in [-0.4, -0.2) is 50.5 Å². The summed E-state index contributed by atoms with van der Waals surface area (Å²) in [6.07, 6.45) is 4.43. The van der Waals surface area contributed by atoms with Gasteiger partial charge in [-0.2, -0.15) is 0 Å². The number of likely N-dealkylation sites (tertiary alicyclic amines) is 1. The van der Waals surface area contributed by atoms with Gasteiger partial charge in [0.05, 0.1) is 32.8 Å². The molecule has 0 bridgehead atoms. The number of hydrogen-bond acceptors (Lipinski definition) is 4. The van der Waals surface area contributed by atoms with Crippen molar-refractivity contribution in [2.75, 3.05) is 46.0 Å². The van der Waals surface area contributed by atoms with Crippen LogP contribution in [0.3, 0.4) is 0 Å². The monoisotopic (exact) mass is 292 g/mol. The highest BCUT2D eigenvalue weighted by Gasteiger charge is 2.32. The van der Waals surface area contributed by atoms with Crippen molar-refractivity contribution in [3.05, 3.63) is 12.7 Å². The Hall–Kier alpha value is -0.190. The molecule has 1 fully saturated rings. The van der Waals surface area contributed by atoms with E-state index < -0.39 is 7.82 Å². The van der Waals surface area contributed by atoms with E-state index in [1.807, 2.05) is 6.08 Å². The Kier molecular flexibility index (Phi) is 7.26. The molecule has 0 unspecified atom stereocenters. The molecule has 0 amide bonds. The van der Waals surface area contributed by atoms with Crippen LogP contribution in [-0.2, 0) is 18.1 Å². The van der Waals surface area contributed by atoms with Crippen LogP contribution in [0.4, 0.5) is 0 Å². The molecule has 1 aliphatic heterocycles. The van der Waals surface area contributed by atoms with Gasteiger partial charge in [-0.05, 0) is 19.9 Å². The van der Waals surface area contributed by atoms with E-state index in [0.717, 1.165) is 30.7 Å². The molecule has 0 aliphatic carbocycles. The summed E-state index contributed by atoms with van der Waals surface area (Å²) in [6.45, 7) is 12.5. The summed E-state index contributed by atoms with van der Waals surface area (Å²) in [6, 6.07) is 0.